The van der Waals surface area contributed by atoms with Crippen molar-refractivity contribution in [2.75, 3.05) is 7.11 Å². The lowest BCUT2D eigenvalue weighted by molar-refractivity contribution is 0.0599. The molecule has 7 nitrogen and oxygen atoms in total. The van der Waals surface area contributed by atoms with Crippen molar-refractivity contribution in [3.05, 3.63) is 76.6 Å². The molecule has 0 atom stereocenters. The first kappa shape index (κ1) is 18.4. The van der Waals surface area contributed by atoms with Gasteiger partial charge >= 0.3 is 5.97 Å². The summed E-state index contributed by atoms with van der Waals surface area (Å²) in [5.74, 6) is -0.706. The number of hydrogen-bond donors (Lipinski definition) is 2. The van der Waals surface area contributed by atoms with Crippen molar-refractivity contribution in [1.82, 2.24) is 19.9 Å². The van der Waals surface area contributed by atoms with Gasteiger partial charge in [-0.3, -0.25) is 4.79 Å². The number of nitrogens with one attached hydrogen (secondary N) is 2. The van der Waals surface area contributed by atoms with E-state index in [4.69, 9.17) is 4.74 Å². The molecule has 2 heterocycles. The van der Waals surface area contributed by atoms with Crippen LogP contribution < -0.4 is 5.32 Å². The highest BCUT2D eigenvalue weighted by Crippen LogP contribution is 2.19. The third kappa shape index (κ3) is 4.08. The van der Waals surface area contributed by atoms with Crippen molar-refractivity contribution < 1.29 is 14.3 Å². The summed E-state index contributed by atoms with van der Waals surface area (Å²) in [6, 6.07) is 8.03. The van der Waals surface area contributed by atoms with Crippen LogP contribution in [0.5, 0.6) is 0 Å². The number of methoxy groups -OCH3 is 1. The van der Waals surface area contributed by atoms with E-state index in [2.05, 4.69) is 15.3 Å². The van der Waals surface area contributed by atoms with E-state index in [0.717, 1.165) is 17.7 Å². The van der Waals surface area contributed by atoms with Gasteiger partial charge in [0.05, 0.1) is 19.0 Å². The van der Waals surface area contributed by atoms with Gasteiger partial charge in [-0.1, -0.05) is 24.3 Å². The lowest BCUT2D eigenvalue weighted by atomic mass is 10.1. The number of aryl methyl sites for hydroxylation is 1. The number of aromatic amines is 1. The van der Waals surface area contributed by atoms with E-state index in [0.29, 0.717) is 29.1 Å². The van der Waals surface area contributed by atoms with Gasteiger partial charge < -0.3 is 19.6 Å². The Bertz CT molecular complexity index is 941. The minimum absolute atomic E-state index is 0.256. The molecule has 2 N–H and O–H groups in total. The van der Waals surface area contributed by atoms with Gasteiger partial charge in [0.1, 0.15) is 5.69 Å². The number of rotatable bonds is 6. The summed E-state index contributed by atoms with van der Waals surface area (Å²) in [6.45, 7) is 4.63. The lowest BCUT2D eigenvalue weighted by Gasteiger charge is -2.07. The molecule has 0 aliphatic rings. The predicted octanol–water partition coefficient (Wildman–Crippen LogP) is 2.59. The number of ether oxygens (including phenoxy) is 1. The van der Waals surface area contributed by atoms with Gasteiger partial charge in [0.2, 0.25) is 0 Å². The van der Waals surface area contributed by atoms with Crippen LogP contribution >= 0.6 is 0 Å². The number of imidazole rings is 1. The minimum atomic E-state index is -0.450. The maximum Gasteiger partial charge on any atom is 0.339 e. The van der Waals surface area contributed by atoms with Crippen molar-refractivity contribution in [3.63, 3.8) is 0 Å². The average molecular weight is 366 g/mol. The second kappa shape index (κ2) is 7.90. The topological polar surface area (TPSA) is 89.0 Å². The van der Waals surface area contributed by atoms with Crippen LogP contribution in [0, 0.1) is 13.8 Å². The molecule has 0 fully saturated rings. The molecule has 140 valence electrons. The van der Waals surface area contributed by atoms with E-state index in [9.17, 15) is 9.59 Å². The monoisotopic (exact) mass is 366 g/mol. The maximum absolute atomic E-state index is 12.5. The van der Waals surface area contributed by atoms with E-state index in [1.54, 1.807) is 26.4 Å². The van der Waals surface area contributed by atoms with Crippen molar-refractivity contribution >= 4 is 11.9 Å². The minimum Gasteiger partial charge on any atom is -0.465 e. The summed E-state index contributed by atoms with van der Waals surface area (Å²) < 4.78 is 6.76. The molecule has 0 saturated carbocycles. The average Bonchev–Trinajstić information content (AvgIpc) is 3.28. The maximum atomic E-state index is 12.5. The fraction of sp³-hybridized carbons (Fsp3) is 0.250. The molecule has 0 aliphatic carbocycles. The molecule has 0 spiro atoms. The summed E-state index contributed by atoms with van der Waals surface area (Å²) in [4.78, 5) is 31.3. The summed E-state index contributed by atoms with van der Waals surface area (Å²) >= 11 is 0. The summed E-state index contributed by atoms with van der Waals surface area (Å²) in [5.41, 5.74) is 4.14. The smallest absolute Gasteiger partial charge is 0.339 e. The molecule has 2 aromatic heterocycles. The van der Waals surface area contributed by atoms with Crippen LogP contribution in [-0.4, -0.2) is 33.5 Å². The normalized spacial score (nSPS) is 10.6. The molecule has 0 radical (unpaired) electrons. The van der Waals surface area contributed by atoms with Gasteiger partial charge in [0, 0.05) is 31.2 Å². The number of carbonyl (C=O) groups excluding carboxylic acids is 2. The Labute approximate surface area is 157 Å². The first-order chi connectivity index (χ1) is 13.0. The molecular weight excluding hydrogens is 344 g/mol. The zero-order valence-electron chi connectivity index (χ0n) is 15.6. The standard InChI is InChI=1S/C20H22N4O3/c1-13-17(20(26)27-3)14(2)23-18(13)19(25)22-10-15-4-6-16(7-5-15)11-24-9-8-21-12-24/h4-9,12,23H,10-11H2,1-3H3,(H,22,25). The highest BCUT2D eigenvalue weighted by Gasteiger charge is 2.22. The van der Waals surface area contributed by atoms with E-state index in [1.807, 2.05) is 35.0 Å². The second-order valence-corrected chi connectivity index (χ2v) is 6.35. The number of hydrogen-bond acceptors (Lipinski definition) is 4. The first-order valence-electron chi connectivity index (χ1n) is 8.59. The Morgan fingerprint density at radius 1 is 1.19 bits per heavy atom. The molecule has 1 aromatic carbocycles. The van der Waals surface area contributed by atoms with Crippen molar-refractivity contribution in [3.8, 4) is 0 Å². The molecule has 27 heavy (non-hydrogen) atoms. The molecule has 0 bridgehead atoms. The Hall–Kier alpha value is -3.35. The van der Waals surface area contributed by atoms with Crippen LogP contribution in [0.4, 0.5) is 0 Å². The second-order valence-electron chi connectivity index (χ2n) is 6.35. The number of benzene rings is 1. The molecule has 1 amide bonds. The molecular formula is C20H22N4O3. The largest absolute Gasteiger partial charge is 0.465 e. The Balaban J connectivity index is 1.63. The number of nitrogens with zero attached hydrogens (tertiary/aromatic N) is 2. The Kier molecular flexibility index (Phi) is 5.40. The predicted molar refractivity (Wildman–Crippen MR) is 101 cm³/mol. The fourth-order valence-corrected chi connectivity index (χ4v) is 3.01. The van der Waals surface area contributed by atoms with E-state index in [-0.39, 0.29) is 5.91 Å². The summed E-state index contributed by atoms with van der Waals surface area (Å²) in [7, 11) is 1.32. The highest BCUT2D eigenvalue weighted by atomic mass is 16.5. The van der Waals surface area contributed by atoms with Gasteiger partial charge in [-0.05, 0) is 30.5 Å². The molecule has 7 heteroatoms. The van der Waals surface area contributed by atoms with E-state index < -0.39 is 5.97 Å². The highest BCUT2D eigenvalue weighted by molar-refractivity contribution is 6.00. The Morgan fingerprint density at radius 3 is 2.52 bits per heavy atom. The Morgan fingerprint density at radius 2 is 1.89 bits per heavy atom. The SMILES string of the molecule is COC(=O)c1c(C)[nH]c(C(=O)NCc2ccc(Cn3ccnc3)cc2)c1C. The van der Waals surface area contributed by atoms with Crippen LogP contribution in [0.3, 0.4) is 0 Å². The van der Waals surface area contributed by atoms with Gasteiger partial charge in [-0.25, -0.2) is 9.78 Å². The molecule has 0 saturated heterocycles. The number of amides is 1. The number of H-pyrrole nitrogens is 1. The van der Waals surface area contributed by atoms with Crippen molar-refractivity contribution in [2.24, 2.45) is 0 Å². The zero-order valence-corrected chi connectivity index (χ0v) is 15.6. The van der Waals surface area contributed by atoms with Gasteiger partial charge in [0.25, 0.3) is 5.91 Å². The molecule has 0 unspecified atom stereocenters. The van der Waals surface area contributed by atoms with Crippen LogP contribution in [0.25, 0.3) is 0 Å². The number of carbonyl (C=O) groups is 2. The summed E-state index contributed by atoms with van der Waals surface area (Å²) in [5, 5.41) is 2.88. The van der Waals surface area contributed by atoms with Gasteiger partial charge in [0.15, 0.2) is 0 Å². The lowest BCUT2D eigenvalue weighted by Crippen LogP contribution is -2.24. The zero-order chi connectivity index (χ0) is 19.4. The van der Waals surface area contributed by atoms with Crippen molar-refractivity contribution in [1.29, 1.82) is 0 Å². The van der Waals surface area contributed by atoms with Crippen LogP contribution in [0.1, 0.15) is 43.2 Å². The van der Waals surface area contributed by atoms with Crippen LogP contribution in [0.2, 0.25) is 0 Å². The summed E-state index contributed by atoms with van der Waals surface area (Å²) in [6.07, 6.45) is 5.44. The third-order valence-electron chi connectivity index (χ3n) is 4.45. The quantitative estimate of drug-likeness (QED) is 0.656. The molecule has 0 aliphatic heterocycles. The van der Waals surface area contributed by atoms with Crippen LogP contribution in [0.15, 0.2) is 43.0 Å². The van der Waals surface area contributed by atoms with E-state index >= 15 is 0 Å². The number of aromatic nitrogens is 3. The number of esters is 1. The first-order valence-corrected chi connectivity index (χ1v) is 8.59. The van der Waals surface area contributed by atoms with Gasteiger partial charge in [-0.2, -0.15) is 0 Å². The van der Waals surface area contributed by atoms with E-state index in [1.165, 1.54) is 7.11 Å². The third-order valence-corrected chi connectivity index (χ3v) is 4.45. The molecule has 3 rings (SSSR count). The molecule has 3 aromatic rings. The van der Waals surface area contributed by atoms with Crippen LogP contribution in [-0.2, 0) is 17.8 Å². The fourth-order valence-electron chi connectivity index (χ4n) is 3.01. The van der Waals surface area contributed by atoms with Gasteiger partial charge in [-0.15, -0.1) is 0 Å². The van der Waals surface area contributed by atoms with Crippen molar-refractivity contribution in [2.45, 2.75) is 26.9 Å².